The van der Waals surface area contributed by atoms with Gasteiger partial charge in [-0.05, 0) is 38.8 Å². The van der Waals surface area contributed by atoms with Gasteiger partial charge in [-0.2, -0.15) is 0 Å². The number of carbonyl (C=O) groups is 1. The van der Waals surface area contributed by atoms with Crippen LogP contribution in [0, 0.1) is 0 Å². The Morgan fingerprint density at radius 2 is 2.00 bits per heavy atom. The molecule has 106 valence electrons. The maximum atomic E-state index is 11.6. The van der Waals surface area contributed by atoms with Crippen LogP contribution >= 0.6 is 0 Å². The monoisotopic (exact) mass is 258 g/mol. The molecule has 0 aromatic heterocycles. The van der Waals surface area contributed by atoms with E-state index in [0.29, 0.717) is 19.4 Å². The van der Waals surface area contributed by atoms with Crippen LogP contribution in [-0.4, -0.2) is 49.0 Å². The van der Waals surface area contributed by atoms with Gasteiger partial charge in [-0.1, -0.05) is 13.8 Å². The van der Waals surface area contributed by atoms with Crippen molar-refractivity contribution in [2.45, 2.75) is 51.2 Å². The Hall–Kier alpha value is -0.650. The lowest BCUT2D eigenvalue weighted by Gasteiger charge is -2.26. The second-order valence-electron chi connectivity index (χ2n) is 4.97. The van der Waals surface area contributed by atoms with Gasteiger partial charge in [0.05, 0.1) is 11.7 Å². The molecule has 0 saturated carbocycles. The number of nitrogens with one attached hydrogen (secondary N) is 2. The molecule has 1 heterocycles. The Bertz CT molecular complexity index is 249. The number of carbonyl (C=O) groups excluding carboxylic acids is 1. The molecule has 18 heavy (non-hydrogen) atoms. The largest absolute Gasteiger partial charge is 0.388 e. The van der Waals surface area contributed by atoms with Crippen LogP contribution in [0.3, 0.4) is 0 Å². The van der Waals surface area contributed by atoms with Crippen molar-refractivity contribution in [2.75, 3.05) is 26.2 Å². The van der Waals surface area contributed by atoms with Crippen LogP contribution in [0.25, 0.3) is 0 Å². The zero-order valence-electron chi connectivity index (χ0n) is 11.5. The van der Waals surface area contributed by atoms with Crippen molar-refractivity contribution in [3.8, 4) is 0 Å². The lowest BCUT2D eigenvalue weighted by molar-refractivity contribution is -0.129. The molecule has 0 spiro atoms. The summed E-state index contributed by atoms with van der Waals surface area (Å²) in [4.78, 5) is 11.6. The number of rotatable bonds is 7. The Balaban J connectivity index is 2.17. The van der Waals surface area contributed by atoms with E-state index in [0.717, 1.165) is 25.9 Å². The first kappa shape index (κ1) is 15.4. The number of piperidine rings is 1. The maximum Gasteiger partial charge on any atom is 0.246 e. The fourth-order valence-corrected chi connectivity index (χ4v) is 1.97. The minimum atomic E-state index is -0.787. The summed E-state index contributed by atoms with van der Waals surface area (Å²) in [6, 6.07) is 0. The zero-order valence-corrected chi connectivity index (χ0v) is 11.5. The van der Waals surface area contributed by atoms with Crippen molar-refractivity contribution in [1.29, 1.82) is 0 Å². The van der Waals surface area contributed by atoms with Crippen LogP contribution in [0.2, 0.25) is 0 Å². The highest BCUT2D eigenvalue weighted by Gasteiger charge is 2.23. The maximum absolute atomic E-state index is 11.6. The second kappa shape index (κ2) is 7.71. The molecule has 1 rings (SSSR count). The van der Waals surface area contributed by atoms with Crippen LogP contribution in [0.15, 0.2) is 0 Å². The molecule has 3 N–H and O–H groups in total. The summed E-state index contributed by atoms with van der Waals surface area (Å²) in [5.74, 6) is -0.145. The highest BCUT2D eigenvalue weighted by atomic mass is 16.5. The van der Waals surface area contributed by atoms with Crippen LogP contribution in [0.4, 0.5) is 0 Å². The lowest BCUT2D eigenvalue weighted by Crippen LogP contribution is -2.43. The Kier molecular flexibility index (Phi) is 6.60. The second-order valence-corrected chi connectivity index (χ2v) is 4.97. The zero-order chi connectivity index (χ0) is 13.4. The molecule has 1 aliphatic rings. The highest BCUT2D eigenvalue weighted by molar-refractivity contribution is 5.77. The topological polar surface area (TPSA) is 70.6 Å². The van der Waals surface area contributed by atoms with Gasteiger partial charge < -0.3 is 20.5 Å². The van der Waals surface area contributed by atoms with E-state index in [-0.39, 0.29) is 18.6 Å². The summed E-state index contributed by atoms with van der Waals surface area (Å²) in [5, 5.41) is 16.0. The standard InChI is InChI=1S/C13H26N2O3/c1-3-13(17,4-2)10-15-12(16)9-18-11-5-7-14-8-6-11/h11,14,17H,3-10H2,1-2H3,(H,15,16). The third kappa shape index (κ3) is 5.33. The van der Waals surface area contributed by atoms with Crippen LogP contribution < -0.4 is 10.6 Å². The minimum absolute atomic E-state index is 0.0914. The average molecular weight is 258 g/mol. The quantitative estimate of drug-likeness (QED) is 0.619. The van der Waals surface area contributed by atoms with Crippen molar-refractivity contribution in [2.24, 2.45) is 0 Å². The van der Waals surface area contributed by atoms with Crippen molar-refractivity contribution in [3.63, 3.8) is 0 Å². The summed E-state index contributed by atoms with van der Waals surface area (Å²) in [7, 11) is 0. The van der Waals surface area contributed by atoms with Gasteiger partial charge in [0.25, 0.3) is 0 Å². The number of amides is 1. The van der Waals surface area contributed by atoms with Crippen molar-refractivity contribution >= 4 is 5.91 Å². The Labute approximate surface area is 109 Å². The summed E-state index contributed by atoms with van der Waals surface area (Å²) >= 11 is 0. The first-order valence-corrected chi connectivity index (χ1v) is 6.91. The molecule has 5 heteroatoms. The third-order valence-electron chi connectivity index (χ3n) is 3.67. The first-order valence-electron chi connectivity index (χ1n) is 6.91. The SMILES string of the molecule is CCC(O)(CC)CNC(=O)COC1CCNCC1. The average Bonchev–Trinajstić information content (AvgIpc) is 2.43. The van der Waals surface area contributed by atoms with Crippen LogP contribution in [-0.2, 0) is 9.53 Å². The molecule has 0 radical (unpaired) electrons. The molecule has 0 unspecified atom stereocenters. The van der Waals surface area contributed by atoms with Gasteiger partial charge in [-0.15, -0.1) is 0 Å². The van der Waals surface area contributed by atoms with Crippen LogP contribution in [0.5, 0.6) is 0 Å². The summed E-state index contributed by atoms with van der Waals surface area (Å²) in [6.45, 7) is 6.14. The number of hydrogen-bond acceptors (Lipinski definition) is 4. The van der Waals surface area contributed by atoms with E-state index >= 15 is 0 Å². The number of hydrogen-bond donors (Lipinski definition) is 3. The molecule has 0 atom stereocenters. The van der Waals surface area contributed by atoms with Gasteiger partial charge >= 0.3 is 0 Å². The van der Waals surface area contributed by atoms with Crippen molar-refractivity contribution < 1.29 is 14.6 Å². The highest BCUT2D eigenvalue weighted by Crippen LogP contribution is 2.12. The molecule has 1 aliphatic heterocycles. The number of aliphatic hydroxyl groups is 1. The van der Waals surface area contributed by atoms with E-state index in [4.69, 9.17) is 4.74 Å². The van der Waals surface area contributed by atoms with E-state index in [1.54, 1.807) is 0 Å². The van der Waals surface area contributed by atoms with E-state index in [1.165, 1.54) is 0 Å². The van der Waals surface area contributed by atoms with Crippen molar-refractivity contribution in [1.82, 2.24) is 10.6 Å². The normalized spacial score (nSPS) is 17.7. The van der Waals surface area contributed by atoms with Gasteiger partial charge in [0.2, 0.25) is 5.91 Å². The lowest BCUT2D eigenvalue weighted by atomic mass is 9.98. The van der Waals surface area contributed by atoms with E-state index in [9.17, 15) is 9.90 Å². The van der Waals surface area contributed by atoms with Gasteiger partial charge in [-0.25, -0.2) is 0 Å². The van der Waals surface area contributed by atoms with Gasteiger partial charge in [-0.3, -0.25) is 4.79 Å². The number of ether oxygens (including phenoxy) is 1. The minimum Gasteiger partial charge on any atom is -0.388 e. The van der Waals surface area contributed by atoms with Crippen LogP contribution in [0.1, 0.15) is 39.5 Å². The van der Waals surface area contributed by atoms with Gasteiger partial charge in [0.15, 0.2) is 0 Å². The Morgan fingerprint density at radius 1 is 1.39 bits per heavy atom. The molecule has 0 aromatic rings. The predicted molar refractivity (Wildman–Crippen MR) is 70.4 cm³/mol. The van der Waals surface area contributed by atoms with Gasteiger partial charge in [0.1, 0.15) is 6.61 Å². The van der Waals surface area contributed by atoms with Crippen molar-refractivity contribution in [3.05, 3.63) is 0 Å². The molecule has 0 aliphatic carbocycles. The van der Waals surface area contributed by atoms with E-state index < -0.39 is 5.60 Å². The fraction of sp³-hybridized carbons (Fsp3) is 0.923. The first-order chi connectivity index (χ1) is 8.59. The van der Waals surface area contributed by atoms with E-state index in [2.05, 4.69) is 10.6 Å². The third-order valence-corrected chi connectivity index (χ3v) is 3.67. The van der Waals surface area contributed by atoms with Gasteiger partial charge in [0, 0.05) is 6.54 Å². The molecule has 1 saturated heterocycles. The van der Waals surface area contributed by atoms with E-state index in [1.807, 2.05) is 13.8 Å². The molecule has 5 nitrogen and oxygen atoms in total. The molecule has 1 amide bonds. The molecule has 0 aromatic carbocycles. The Morgan fingerprint density at radius 3 is 2.56 bits per heavy atom. The molecular weight excluding hydrogens is 232 g/mol. The predicted octanol–water partition coefficient (Wildman–Crippen LogP) is 0.422. The summed E-state index contributed by atoms with van der Waals surface area (Å²) in [6.07, 6.45) is 3.38. The smallest absolute Gasteiger partial charge is 0.246 e. The summed E-state index contributed by atoms with van der Waals surface area (Å²) < 4.78 is 5.54. The summed E-state index contributed by atoms with van der Waals surface area (Å²) in [5.41, 5.74) is -0.787. The molecule has 0 bridgehead atoms. The fourth-order valence-electron chi connectivity index (χ4n) is 1.97. The molecule has 1 fully saturated rings. The molecular formula is C13H26N2O3.